The molecule has 2 rings (SSSR count). The molecule has 1 aromatic carbocycles. The van der Waals surface area contributed by atoms with Crippen molar-refractivity contribution in [2.75, 3.05) is 16.8 Å². The van der Waals surface area contributed by atoms with Gasteiger partial charge in [0.1, 0.15) is 6.04 Å². The van der Waals surface area contributed by atoms with E-state index < -0.39 is 45.6 Å². The average molecular weight is 421 g/mol. The molecule has 0 aromatic heterocycles. The predicted molar refractivity (Wildman–Crippen MR) is 97.4 cm³/mol. The van der Waals surface area contributed by atoms with E-state index in [9.17, 15) is 31.2 Å². The van der Waals surface area contributed by atoms with Crippen LogP contribution in [0.3, 0.4) is 0 Å². The van der Waals surface area contributed by atoms with E-state index in [0.29, 0.717) is 6.42 Å². The van der Waals surface area contributed by atoms with Gasteiger partial charge in [0.25, 0.3) is 0 Å². The number of hydrogen-bond donors (Lipinski definition) is 3. The van der Waals surface area contributed by atoms with Gasteiger partial charge in [0.15, 0.2) is 9.84 Å². The number of halogens is 3. The number of carbonyl (C=O) groups excluding carboxylic acids is 2. The molecule has 1 saturated heterocycles. The summed E-state index contributed by atoms with van der Waals surface area (Å²) in [4.78, 5) is 24.6. The van der Waals surface area contributed by atoms with Gasteiger partial charge in [0.05, 0.1) is 17.1 Å². The highest BCUT2D eigenvalue weighted by molar-refractivity contribution is 7.91. The highest BCUT2D eigenvalue weighted by Gasteiger charge is 2.32. The van der Waals surface area contributed by atoms with Crippen molar-refractivity contribution in [3.05, 3.63) is 29.8 Å². The average Bonchev–Trinajstić information content (AvgIpc) is 2.90. The van der Waals surface area contributed by atoms with Crippen molar-refractivity contribution in [1.82, 2.24) is 10.6 Å². The molecule has 2 atom stereocenters. The molecule has 3 N–H and O–H groups in total. The van der Waals surface area contributed by atoms with E-state index in [0.717, 1.165) is 24.3 Å². The van der Waals surface area contributed by atoms with Crippen LogP contribution < -0.4 is 16.0 Å². The summed E-state index contributed by atoms with van der Waals surface area (Å²) in [7, 11) is -3.16. The van der Waals surface area contributed by atoms with Gasteiger partial charge in [0.2, 0.25) is 5.91 Å². The molecule has 0 radical (unpaired) electrons. The van der Waals surface area contributed by atoms with Gasteiger partial charge in [0, 0.05) is 11.7 Å². The Kier molecular flexibility index (Phi) is 6.58. The number of anilines is 1. The Morgan fingerprint density at radius 2 is 1.75 bits per heavy atom. The minimum atomic E-state index is -4.48. The third-order valence-electron chi connectivity index (χ3n) is 4.28. The van der Waals surface area contributed by atoms with E-state index in [-0.39, 0.29) is 23.1 Å². The van der Waals surface area contributed by atoms with Crippen LogP contribution in [0.2, 0.25) is 0 Å². The van der Waals surface area contributed by atoms with Crippen molar-refractivity contribution in [1.29, 1.82) is 0 Å². The second-order valence-corrected chi connectivity index (χ2v) is 9.23. The van der Waals surface area contributed by atoms with Crippen LogP contribution in [0.1, 0.15) is 25.8 Å². The van der Waals surface area contributed by atoms with Crippen molar-refractivity contribution >= 4 is 27.5 Å². The van der Waals surface area contributed by atoms with Crippen LogP contribution in [0.15, 0.2) is 24.3 Å². The van der Waals surface area contributed by atoms with Crippen LogP contribution >= 0.6 is 0 Å². The number of urea groups is 1. The van der Waals surface area contributed by atoms with E-state index in [1.807, 2.05) is 0 Å². The molecule has 3 amide bonds. The fraction of sp³-hybridized carbons (Fsp3) is 0.529. The topological polar surface area (TPSA) is 104 Å². The monoisotopic (exact) mass is 421 g/mol. The Morgan fingerprint density at radius 3 is 2.21 bits per heavy atom. The van der Waals surface area contributed by atoms with Gasteiger partial charge in [-0.25, -0.2) is 13.2 Å². The highest BCUT2D eigenvalue weighted by Crippen LogP contribution is 2.29. The SMILES string of the molecule is CC(C)C(NC(=O)NC1CCS(=O)(=O)C1)C(=O)Nc1ccc(C(F)(F)F)cc1. The van der Waals surface area contributed by atoms with Crippen LogP contribution in [-0.4, -0.2) is 43.9 Å². The number of alkyl halides is 3. The first kappa shape index (κ1) is 22.0. The molecule has 2 unspecified atom stereocenters. The molecular formula is C17H22F3N3O4S. The maximum absolute atomic E-state index is 12.6. The van der Waals surface area contributed by atoms with Gasteiger partial charge in [-0.15, -0.1) is 0 Å². The lowest BCUT2D eigenvalue weighted by Crippen LogP contribution is -2.52. The summed E-state index contributed by atoms with van der Waals surface area (Å²) >= 11 is 0. The third-order valence-corrected chi connectivity index (χ3v) is 6.05. The Hall–Kier alpha value is -2.30. The molecule has 0 saturated carbocycles. The standard InChI is InChI=1S/C17H22F3N3O4S/c1-10(2)14(23-16(25)22-13-7-8-28(26,27)9-13)15(24)21-12-5-3-11(4-6-12)17(18,19)20/h3-6,10,13-14H,7-9H2,1-2H3,(H,21,24)(H2,22,23,25). The number of carbonyl (C=O) groups is 2. The van der Waals surface area contributed by atoms with Crippen molar-refractivity contribution in [3.63, 3.8) is 0 Å². The number of amides is 3. The second-order valence-electron chi connectivity index (χ2n) is 7.00. The Balaban J connectivity index is 1.97. The first-order valence-corrected chi connectivity index (χ1v) is 10.4. The molecule has 1 heterocycles. The maximum atomic E-state index is 12.6. The van der Waals surface area contributed by atoms with Gasteiger partial charge in [-0.05, 0) is 36.6 Å². The number of sulfone groups is 1. The summed E-state index contributed by atoms with van der Waals surface area (Å²) in [5.74, 6) is -1.05. The smallest absolute Gasteiger partial charge is 0.334 e. The minimum Gasteiger partial charge on any atom is -0.334 e. The van der Waals surface area contributed by atoms with E-state index in [1.165, 1.54) is 0 Å². The zero-order valence-corrected chi connectivity index (χ0v) is 16.2. The molecular weight excluding hydrogens is 399 g/mol. The highest BCUT2D eigenvalue weighted by atomic mass is 32.2. The number of hydrogen-bond acceptors (Lipinski definition) is 4. The molecule has 156 valence electrons. The molecule has 0 spiro atoms. The Bertz CT molecular complexity index is 823. The summed E-state index contributed by atoms with van der Waals surface area (Å²) in [5, 5.41) is 7.49. The second kappa shape index (κ2) is 8.38. The van der Waals surface area contributed by atoms with Crippen molar-refractivity contribution in [2.24, 2.45) is 5.92 Å². The summed E-state index contributed by atoms with van der Waals surface area (Å²) < 4.78 is 60.7. The summed E-state index contributed by atoms with van der Waals surface area (Å²) in [6.07, 6.45) is -4.17. The minimum absolute atomic E-state index is 0.0000367. The van der Waals surface area contributed by atoms with Crippen molar-refractivity contribution in [3.8, 4) is 0 Å². The van der Waals surface area contributed by atoms with Gasteiger partial charge in [-0.3, -0.25) is 4.79 Å². The molecule has 0 bridgehead atoms. The molecule has 1 aromatic rings. The van der Waals surface area contributed by atoms with E-state index in [4.69, 9.17) is 0 Å². The molecule has 0 aliphatic carbocycles. The first-order valence-electron chi connectivity index (χ1n) is 8.63. The summed E-state index contributed by atoms with van der Waals surface area (Å²) in [5.41, 5.74) is -0.678. The number of benzene rings is 1. The lowest BCUT2D eigenvalue weighted by molar-refractivity contribution is -0.137. The summed E-state index contributed by atoms with van der Waals surface area (Å²) in [6, 6.07) is 1.80. The van der Waals surface area contributed by atoms with Crippen molar-refractivity contribution < 1.29 is 31.2 Å². The normalized spacial score (nSPS) is 19.9. The fourth-order valence-electron chi connectivity index (χ4n) is 2.77. The Morgan fingerprint density at radius 1 is 1.14 bits per heavy atom. The molecule has 1 aliphatic heterocycles. The van der Waals surface area contributed by atoms with E-state index in [1.54, 1.807) is 13.8 Å². The Labute approximate surface area is 161 Å². The summed E-state index contributed by atoms with van der Waals surface area (Å²) in [6.45, 7) is 3.38. The van der Waals surface area contributed by atoms with Crippen LogP contribution in [-0.2, 0) is 20.8 Å². The first-order chi connectivity index (χ1) is 12.9. The predicted octanol–water partition coefficient (Wildman–Crippen LogP) is 2.15. The van der Waals surface area contributed by atoms with Crippen molar-refractivity contribution in [2.45, 2.75) is 38.5 Å². The molecule has 28 heavy (non-hydrogen) atoms. The third kappa shape index (κ3) is 6.11. The molecule has 1 fully saturated rings. The fourth-order valence-corrected chi connectivity index (χ4v) is 4.45. The molecule has 11 heteroatoms. The molecule has 1 aliphatic rings. The van der Waals surface area contributed by atoms with Crippen LogP contribution in [0.25, 0.3) is 0 Å². The lowest BCUT2D eigenvalue weighted by atomic mass is 10.0. The lowest BCUT2D eigenvalue weighted by Gasteiger charge is -2.23. The van der Waals surface area contributed by atoms with E-state index >= 15 is 0 Å². The zero-order valence-electron chi connectivity index (χ0n) is 15.3. The van der Waals surface area contributed by atoms with Crippen LogP contribution in [0.4, 0.5) is 23.7 Å². The number of nitrogens with one attached hydrogen (secondary N) is 3. The van der Waals surface area contributed by atoms with Gasteiger partial charge in [-0.2, -0.15) is 13.2 Å². The van der Waals surface area contributed by atoms with Gasteiger partial charge >= 0.3 is 12.2 Å². The quantitative estimate of drug-likeness (QED) is 0.678. The largest absolute Gasteiger partial charge is 0.416 e. The number of rotatable bonds is 5. The van der Waals surface area contributed by atoms with Gasteiger partial charge in [-0.1, -0.05) is 13.8 Å². The van der Waals surface area contributed by atoms with E-state index in [2.05, 4.69) is 16.0 Å². The zero-order chi connectivity index (χ0) is 21.1. The van der Waals surface area contributed by atoms with Gasteiger partial charge < -0.3 is 16.0 Å². The van der Waals surface area contributed by atoms with Crippen LogP contribution in [0, 0.1) is 5.92 Å². The van der Waals surface area contributed by atoms with Crippen LogP contribution in [0.5, 0.6) is 0 Å². The maximum Gasteiger partial charge on any atom is 0.416 e. The molecule has 7 nitrogen and oxygen atoms in total.